The second-order valence-corrected chi connectivity index (χ2v) is 5.23. The third-order valence-corrected chi connectivity index (χ3v) is 3.89. The zero-order chi connectivity index (χ0) is 14.7. The van der Waals surface area contributed by atoms with Crippen LogP contribution in [0.4, 0.5) is 0 Å². The Morgan fingerprint density at radius 3 is 2.50 bits per heavy atom. The van der Waals surface area contributed by atoms with Gasteiger partial charge >= 0.3 is 0 Å². The van der Waals surface area contributed by atoms with Gasteiger partial charge in [0.25, 0.3) is 0 Å². The molecule has 0 aliphatic heterocycles. The molecule has 3 nitrogen and oxygen atoms in total. The Morgan fingerprint density at radius 2 is 1.90 bits per heavy atom. The predicted octanol–water partition coefficient (Wildman–Crippen LogP) is 3.86. The summed E-state index contributed by atoms with van der Waals surface area (Å²) in [6, 6.07) is 8.99. The van der Waals surface area contributed by atoms with E-state index in [1.807, 2.05) is 0 Å². The first-order valence-electron chi connectivity index (χ1n) is 7.46. The molecule has 0 amide bonds. The number of hydrogen-bond acceptors (Lipinski definition) is 2. The largest absolute Gasteiger partial charge is 0.310 e. The second-order valence-electron chi connectivity index (χ2n) is 5.23. The first-order chi connectivity index (χ1) is 9.60. The van der Waals surface area contributed by atoms with Gasteiger partial charge in [-0.05, 0) is 45.4 Å². The van der Waals surface area contributed by atoms with E-state index in [2.05, 4.69) is 74.0 Å². The molecular weight excluding hydrogens is 246 g/mol. The number of benzene rings is 1. The van der Waals surface area contributed by atoms with E-state index in [1.54, 1.807) is 0 Å². The number of rotatable bonds is 5. The van der Waals surface area contributed by atoms with Gasteiger partial charge in [0, 0.05) is 23.8 Å². The molecule has 0 saturated carbocycles. The van der Waals surface area contributed by atoms with E-state index in [9.17, 15) is 0 Å². The van der Waals surface area contributed by atoms with Gasteiger partial charge in [-0.1, -0.05) is 31.2 Å². The van der Waals surface area contributed by atoms with E-state index in [-0.39, 0.29) is 0 Å². The van der Waals surface area contributed by atoms with Crippen LogP contribution in [0.15, 0.2) is 24.3 Å². The van der Waals surface area contributed by atoms with Crippen molar-refractivity contribution in [1.82, 2.24) is 15.1 Å². The van der Waals surface area contributed by atoms with Gasteiger partial charge in [-0.2, -0.15) is 5.10 Å². The van der Waals surface area contributed by atoms with E-state index >= 15 is 0 Å². The molecular formula is C17H25N3. The molecule has 1 aromatic carbocycles. The fourth-order valence-corrected chi connectivity index (χ4v) is 2.91. The normalized spacial score (nSPS) is 12.7. The molecule has 1 heterocycles. The van der Waals surface area contributed by atoms with Crippen molar-refractivity contribution in [1.29, 1.82) is 0 Å². The lowest BCUT2D eigenvalue weighted by molar-refractivity contribution is 0.599. The van der Waals surface area contributed by atoms with Gasteiger partial charge in [0.1, 0.15) is 0 Å². The van der Waals surface area contributed by atoms with Crippen LogP contribution in [0.1, 0.15) is 43.8 Å². The maximum absolute atomic E-state index is 4.65. The third-order valence-electron chi connectivity index (χ3n) is 3.89. The van der Waals surface area contributed by atoms with Crippen molar-refractivity contribution < 1.29 is 0 Å². The molecule has 0 aliphatic rings. The molecule has 0 aliphatic carbocycles. The summed E-state index contributed by atoms with van der Waals surface area (Å²) < 4.78 is 2.08. The highest BCUT2D eigenvalue weighted by Crippen LogP contribution is 2.32. The van der Waals surface area contributed by atoms with Gasteiger partial charge in [0.2, 0.25) is 0 Å². The highest BCUT2D eigenvalue weighted by atomic mass is 15.3. The van der Waals surface area contributed by atoms with Crippen molar-refractivity contribution >= 4 is 0 Å². The lowest BCUT2D eigenvalue weighted by Crippen LogP contribution is -2.18. The first kappa shape index (κ1) is 14.8. The standard InChI is InChI=1S/C17H25N3/c1-6-18-12(3)15-10-8-9-11-16(15)17-13(4)19-20(7-2)14(17)5/h8-12,18H,6-7H2,1-5H3. The maximum Gasteiger partial charge on any atom is 0.0675 e. The average Bonchev–Trinajstić information content (AvgIpc) is 2.73. The fraction of sp³-hybridized carbons (Fsp3) is 0.471. The maximum atomic E-state index is 4.65. The summed E-state index contributed by atoms with van der Waals surface area (Å²) in [6.07, 6.45) is 0. The number of aryl methyl sites for hydroxylation is 2. The number of aromatic nitrogens is 2. The van der Waals surface area contributed by atoms with Crippen LogP contribution in [0.5, 0.6) is 0 Å². The Morgan fingerprint density at radius 1 is 1.20 bits per heavy atom. The zero-order valence-electron chi connectivity index (χ0n) is 13.2. The van der Waals surface area contributed by atoms with Crippen molar-refractivity contribution in [2.45, 2.75) is 47.2 Å². The Labute approximate surface area is 122 Å². The molecule has 3 heteroatoms. The Kier molecular flexibility index (Phi) is 4.61. The molecule has 1 aromatic heterocycles. The van der Waals surface area contributed by atoms with Crippen molar-refractivity contribution in [3.8, 4) is 11.1 Å². The molecule has 2 aromatic rings. The highest BCUT2D eigenvalue weighted by Gasteiger charge is 2.17. The lowest BCUT2D eigenvalue weighted by Gasteiger charge is -2.17. The summed E-state index contributed by atoms with van der Waals surface area (Å²) in [6.45, 7) is 12.6. The molecule has 2 rings (SSSR count). The minimum absolute atomic E-state index is 0.347. The summed E-state index contributed by atoms with van der Waals surface area (Å²) in [5.41, 5.74) is 6.29. The SMILES string of the molecule is CCNC(C)c1ccccc1-c1c(C)nn(CC)c1C. The molecule has 0 bridgehead atoms. The van der Waals surface area contributed by atoms with Gasteiger partial charge in [0.15, 0.2) is 0 Å². The van der Waals surface area contributed by atoms with Crippen LogP contribution < -0.4 is 5.32 Å². The summed E-state index contributed by atoms with van der Waals surface area (Å²) >= 11 is 0. The topological polar surface area (TPSA) is 29.9 Å². The fourth-order valence-electron chi connectivity index (χ4n) is 2.91. The van der Waals surface area contributed by atoms with Crippen molar-refractivity contribution in [2.75, 3.05) is 6.54 Å². The summed E-state index contributed by atoms with van der Waals surface area (Å²) in [5, 5.41) is 8.15. The van der Waals surface area contributed by atoms with Gasteiger partial charge in [-0.25, -0.2) is 0 Å². The van der Waals surface area contributed by atoms with Crippen LogP contribution >= 0.6 is 0 Å². The van der Waals surface area contributed by atoms with E-state index in [4.69, 9.17) is 0 Å². The Balaban J connectivity index is 2.56. The first-order valence-corrected chi connectivity index (χ1v) is 7.46. The van der Waals surface area contributed by atoms with Crippen LogP contribution in [-0.2, 0) is 6.54 Å². The lowest BCUT2D eigenvalue weighted by atomic mass is 9.94. The third kappa shape index (κ3) is 2.63. The number of nitrogens with zero attached hydrogens (tertiary/aromatic N) is 2. The van der Waals surface area contributed by atoms with Crippen LogP contribution in [0, 0.1) is 13.8 Å². The molecule has 1 N–H and O–H groups in total. The van der Waals surface area contributed by atoms with Crippen molar-refractivity contribution in [3.63, 3.8) is 0 Å². The van der Waals surface area contributed by atoms with Gasteiger partial charge in [-0.3, -0.25) is 4.68 Å². The van der Waals surface area contributed by atoms with E-state index in [1.165, 1.54) is 22.4 Å². The molecule has 0 fully saturated rings. The number of nitrogens with one attached hydrogen (secondary N) is 1. The van der Waals surface area contributed by atoms with E-state index < -0.39 is 0 Å². The van der Waals surface area contributed by atoms with E-state index in [0.29, 0.717) is 6.04 Å². The minimum atomic E-state index is 0.347. The van der Waals surface area contributed by atoms with E-state index in [0.717, 1.165) is 18.8 Å². The molecule has 0 radical (unpaired) electrons. The van der Waals surface area contributed by atoms with Crippen LogP contribution in [0.25, 0.3) is 11.1 Å². The molecule has 0 spiro atoms. The monoisotopic (exact) mass is 271 g/mol. The van der Waals surface area contributed by atoms with Crippen molar-refractivity contribution in [2.24, 2.45) is 0 Å². The quantitative estimate of drug-likeness (QED) is 0.895. The summed E-state index contributed by atoms with van der Waals surface area (Å²) in [5.74, 6) is 0. The Hall–Kier alpha value is -1.61. The molecule has 0 saturated heterocycles. The van der Waals surface area contributed by atoms with Crippen LogP contribution in [-0.4, -0.2) is 16.3 Å². The highest BCUT2D eigenvalue weighted by molar-refractivity contribution is 5.72. The minimum Gasteiger partial charge on any atom is -0.310 e. The number of hydrogen-bond donors (Lipinski definition) is 1. The molecule has 20 heavy (non-hydrogen) atoms. The zero-order valence-corrected chi connectivity index (χ0v) is 13.2. The second kappa shape index (κ2) is 6.23. The predicted molar refractivity (Wildman–Crippen MR) is 84.9 cm³/mol. The van der Waals surface area contributed by atoms with Crippen LogP contribution in [0.2, 0.25) is 0 Å². The summed E-state index contributed by atoms with van der Waals surface area (Å²) in [7, 11) is 0. The smallest absolute Gasteiger partial charge is 0.0675 e. The summed E-state index contributed by atoms with van der Waals surface area (Å²) in [4.78, 5) is 0. The molecule has 108 valence electrons. The van der Waals surface area contributed by atoms with Gasteiger partial charge < -0.3 is 5.32 Å². The average molecular weight is 271 g/mol. The van der Waals surface area contributed by atoms with Gasteiger partial charge in [0.05, 0.1) is 5.69 Å². The Bertz CT molecular complexity index is 584. The van der Waals surface area contributed by atoms with Crippen LogP contribution in [0.3, 0.4) is 0 Å². The molecule has 1 atom stereocenters. The molecule has 1 unspecified atom stereocenters. The van der Waals surface area contributed by atoms with Gasteiger partial charge in [-0.15, -0.1) is 0 Å². The van der Waals surface area contributed by atoms with Crippen molar-refractivity contribution in [3.05, 3.63) is 41.2 Å².